The summed E-state index contributed by atoms with van der Waals surface area (Å²) in [6.45, 7) is 0.0245. The minimum Gasteiger partial charge on any atom is -1.00 e. The van der Waals surface area contributed by atoms with Gasteiger partial charge in [-0.2, -0.15) is 4.57 Å². The van der Waals surface area contributed by atoms with Crippen LogP contribution in [0, 0.1) is 5.95 Å². The number of hydrogen-bond donors (Lipinski definition) is 0. The summed E-state index contributed by atoms with van der Waals surface area (Å²) >= 11 is 0. The molecule has 0 aliphatic heterocycles. The third-order valence-electron chi connectivity index (χ3n) is 2.29. The number of nitrogens with zero attached hydrogens (tertiary/aromatic N) is 1. The van der Waals surface area contributed by atoms with E-state index < -0.39 is 5.95 Å². The molecule has 0 saturated heterocycles. The molecule has 0 amide bonds. The lowest BCUT2D eigenvalue weighted by Crippen LogP contribution is -3.00. The Hall–Kier alpha value is -1.55. The summed E-state index contributed by atoms with van der Waals surface area (Å²) in [5.74, 6) is -0.512. The summed E-state index contributed by atoms with van der Waals surface area (Å²) in [4.78, 5) is 11.8. The van der Waals surface area contributed by atoms with Gasteiger partial charge in [-0.05, 0) is 6.07 Å². The summed E-state index contributed by atoms with van der Waals surface area (Å²) in [5, 5.41) is 0. The quantitative estimate of drug-likeness (QED) is 0.404. The van der Waals surface area contributed by atoms with Gasteiger partial charge in [-0.15, -0.1) is 4.39 Å². The summed E-state index contributed by atoms with van der Waals surface area (Å²) in [6, 6.07) is 13.5. The summed E-state index contributed by atoms with van der Waals surface area (Å²) in [6.07, 6.45) is 1.55. The Morgan fingerprint density at radius 2 is 1.71 bits per heavy atom. The Kier molecular flexibility index (Phi) is 4.97. The molecule has 17 heavy (non-hydrogen) atoms. The van der Waals surface area contributed by atoms with Crippen molar-refractivity contribution in [2.75, 3.05) is 0 Å². The van der Waals surface area contributed by atoms with Crippen LogP contribution in [0.15, 0.2) is 54.7 Å². The summed E-state index contributed by atoms with van der Waals surface area (Å²) < 4.78 is 14.6. The van der Waals surface area contributed by atoms with Crippen LogP contribution in [0.5, 0.6) is 0 Å². The van der Waals surface area contributed by atoms with Crippen molar-refractivity contribution >= 4 is 5.78 Å². The lowest BCUT2D eigenvalue weighted by Gasteiger charge is -1.98. The molecule has 0 atom stereocenters. The number of halogens is 2. The number of carbonyl (C=O) groups is 1. The Labute approximate surface area is 109 Å². The first-order valence-corrected chi connectivity index (χ1v) is 4.99. The third kappa shape index (κ3) is 3.46. The minimum absolute atomic E-state index is 0. The number of pyridine rings is 1. The van der Waals surface area contributed by atoms with Gasteiger partial charge in [0.15, 0.2) is 6.20 Å². The maximum atomic E-state index is 13.3. The molecule has 0 unspecified atom stereocenters. The fourth-order valence-corrected chi connectivity index (χ4v) is 1.45. The van der Waals surface area contributed by atoms with Gasteiger partial charge in [0.25, 0.3) is 0 Å². The molecule has 0 bridgehead atoms. The van der Waals surface area contributed by atoms with Crippen molar-refractivity contribution in [1.82, 2.24) is 0 Å². The van der Waals surface area contributed by atoms with E-state index in [0.717, 1.165) is 0 Å². The highest BCUT2D eigenvalue weighted by atomic mass is 79.9. The largest absolute Gasteiger partial charge is 1.00 e. The lowest BCUT2D eigenvalue weighted by molar-refractivity contribution is -0.711. The summed E-state index contributed by atoms with van der Waals surface area (Å²) in [5.41, 5.74) is 0.596. The van der Waals surface area contributed by atoms with Crippen LogP contribution in [0.3, 0.4) is 0 Å². The molecule has 0 radical (unpaired) electrons. The zero-order valence-corrected chi connectivity index (χ0v) is 10.6. The fraction of sp³-hybridized carbons (Fsp3) is 0.0769. The van der Waals surface area contributed by atoms with Crippen molar-refractivity contribution in [2.45, 2.75) is 6.54 Å². The second kappa shape index (κ2) is 6.25. The molecule has 0 spiro atoms. The number of Topliss-reactive ketones (excluding diaryl/α,β-unsaturated/α-hetero) is 1. The van der Waals surface area contributed by atoms with Crippen LogP contribution in [0.1, 0.15) is 10.4 Å². The molecule has 2 nitrogen and oxygen atoms in total. The number of benzene rings is 1. The molecule has 2 rings (SSSR count). The van der Waals surface area contributed by atoms with E-state index in [1.807, 2.05) is 6.07 Å². The standard InChI is InChI=1S/C13H11FNO.BrH/c14-13-8-4-5-9-15(13)10-12(16)11-6-2-1-3-7-11;/h1-9H,10H2;1H/q+1;/p-1. The molecule has 4 heteroatoms. The van der Waals surface area contributed by atoms with Crippen LogP contribution in [0.2, 0.25) is 0 Å². The van der Waals surface area contributed by atoms with E-state index in [4.69, 9.17) is 0 Å². The first-order valence-electron chi connectivity index (χ1n) is 4.99. The summed E-state index contributed by atoms with van der Waals surface area (Å²) in [7, 11) is 0. The van der Waals surface area contributed by atoms with Crippen LogP contribution < -0.4 is 21.5 Å². The average Bonchev–Trinajstić information content (AvgIpc) is 2.33. The molecule has 88 valence electrons. The van der Waals surface area contributed by atoms with E-state index in [9.17, 15) is 9.18 Å². The monoisotopic (exact) mass is 295 g/mol. The Morgan fingerprint density at radius 3 is 2.35 bits per heavy atom. The van der Waals surface area contributed by atoms with Gasteiger partial charge in [-0.1, -0.05) is 30.3 Å². The van der Waals surface area contributed by atoms with E-state index >= 15 is 0 Å². The van der Waals surface area contributed by atoms with Crippen molar-refractivity contribution in [3.8, 4) is 0 Å². The van der Waals surface area contributed by atoms with E-state index in [0.29, 0.717) is 5.56 Å². The Bertz CT molecular complexity index is 502. The van der Waals surface area contributed by atoms with Gasteiger partial charge in [-0.25, -0.2) is 0 Å². The predicted octanol–water partition coefficient (Wildman–Crippen LogP) is -1.000. The molecule has 0 aliphatic carbocycles. The molecule has 2 aromatic rings. The zero-order valence-electron chi connectivity index (χ0n) is 9.01. The molecular weight excluding hydrogens is 285 g/mol. The lowest BCUT2D eigenvalue weighted by atomic mass is 10.1. The van der Waals surface area contributed by atoms with Gasteiger partial charge in [0.2, 0.25) is 12.3 Å². The highest BCUT2D eigenvalue weighted by Gasteiger charge is 2.15. The van der Waals surface area contributed by atoms with Gasteiger partial charge in [0, 0.05) is 17.7 Å². The van der Waals surface area contributed by atoms with Crippen LogP contribution in [0.25, 0.3) is 0 Å². The van der Waals surface area contributed by atoms with Crippen LogP contribution in [-0.4, -0.2) is 5.78 Å². The maximum Gasteiger partial charge on any atom is 0.359 e. The predicted molar refractivity (Wildman–Crippen MR) is 57.4 cm³/mol. The SMILES string of the molecule is O=C(C[n+]1ccccc1F)c1ccccc1.[Br-]. The van der Waals surface area contributed by atoms with Crippen molar-refractivity contribution in [1.29, 1.82) is 0 Å². The first kappa shape index (κ1) is 13.5. The number of aromatic nitrogens is 1. The van der Waals surface area contributed by atoms with E-state index in [-0.39, 0.29) is 29.3 Å². The molecule has 1 heterocycles. The smallest absolute Gasteiger partial charge is 0.359 e. The molecule has 0 N–H and O–H groups in total. The van der Waals surface area contributed by atoms with Crippen molar-refractivity contribution < 1.29 is 30.7 Å². The van der Waals surface area contributed by atoms with Crippen molar-refractivity contribution in [3.05, 3.63) is 66.2 Å². The maximum absolute atomic E-state index is 13.3. The van der Waals surface area contributed by atoms with E-state index in [1.165, 1.54) is 10.6 Å². The number of ketones is 1. The van der Waals surface area contributed by atoms with Crippen LogP contribution >= 0.6 is 0 Å². The minimum atomic E-state index is -0.410. The van der Waals surface area contributed by atoms with Gasteiger partial charge >= 0.3 is 5.95 Å². The van der Waals surface area contributed by atoms with E-state index in [2.05, 4.69) is 0 Å². The molecular formula is C13H11BrFNO. The number of rotatable bonds is 3. The molecule has 0 aliphatic rings. The molecule has 1 aromatic heterocycles. The topological polar surface area (TPSA) is 20.9 Å². The van der Waals surface area contributed by atoms with Crippen molar-refractivity contribution in [2.24, 2.45) is 0 Å². The normalized spacial score (nSPS) is 9.47. The van der Waals surface area contributed by atoms with Gasteiger partial charge < -0.3 is 17.0 Å². The van der Waals surface area contributed by atoms with Crippen molar-refractivity contribution in [3.63, 3.8) is 0 Å². The highest BCUT2D eigenvalue weighted by molar-refractivity contribution is 5.94. The second-order valence-electron chi connectivity index (χ2n) is 3.44. The van der Waals surface area contributed by atoms with Gasteiger partial charge in [-0.3, -0.25) is 4.79 Å². The van der Waals surface area contributed by atoms with Crippen LogP contribution in [0.4, 0.5) is 4.39 Å². The fourth-order valence-electron chi connectivity index (χ4n) is 1.45. The number of carbonyl (C=O) groups excluding carboxylic acids is 1. The van der Waals surface area contributed by atoms with E-state index in [1.54, 1.807) is 42.6 Å². The van der Waals surface area contributed by atoms with Crippen LogP contribution in [-0.2, 0) is 6.54 Å². The number of hydrogen-bond acceptors (Lipinski definition) is 1. The molecule has 0 saturated carbocycles. The zero-order chi connectivity index (χ0) is 11.4. The van der Waals surface area contributed by atoms with Gasteiger partial charge in [0.05, 0.1) is 0 Å². The Balaban J connectivity index is 0.00000144. The second-order valence-corrected chi connectivity index (χ2v) is 3.44. The average molecular weight is 296 g/mol. The first-order chi connectivity index (χ1) is 7.77. The highest BCUT2D eigenvalue weighted by Crippen LogP contribution is 2.00. The van der Waals surface area contributed by atoms with Gasteiger partial charge in [0.1, 0.15) is 0 Å². The Morgan fingerprint density at radius 1 is 1.06 bits per heavy atom. The molecule has 1 aromatic carbocycles. The molecule has 0 fully saturated rings. The third-order valence-corrected chi connectivity index (χ3v) is 2.29.